The SMILES string of the molecule is CC1(n2cccc2)CCCCCCCCCC1. The van der Waals surface area contributed by atoms with Gasteiger partial charge in [-0.3, -0.25) is 0 Å². The first-order valence-corrected chi connectivity index (χ1v) is 7.45. The van der Waals surface area contributed by atoms with Crippen molar-refractivity contribution in [3.8, 4) is 0 Å². The quantitative estimate of drug-likeness (QED) is 0.634. The molecule has 1 fully saturated rings. The molecule has 96 valence electrons. The molecular formula is C16H27N. The van der Waals surface area contributed by atoms with Gasteiger partial charge in [0.1, 0.15) is 0 Å². The number of hydrogen-bond acceptors (Lipinski definition) is 0. The molecule has 1 aliphatic carbocycles. The van der Waals surface area contributed by atoms with Crippen molar-refractivity contribution in [1.82, 2.24) is 4.57 Å². The molecule has 0 amide bonds. The minimum atomic E-state index is 0.369. The molecule has 0 N–H and O–H groups in total. The standard InChI is InChI=1S/C16H27N/c1-16(17-14-10-11-15-17)12-8-6-4-2-3-5-7-9-13-16/h10-11,14-15H,2-9,12-13H2,1H3. The Morgan fingerprint density at radius 2 is 1.12 bits per heavy atom. The molecule has 0 atom stereocenters. The van der Waals surface area contributed by atoms with Crippen molar-refractivity contribution >= 4 is 0 Å². The molecule has 0 unspecified atom stereocenters. The number of aromatic nitrogens is 1. The molecule has 0 saturated heterocycles. The third kappa shape index (κ3) is 3.62. The van der Waals surface area contributed by atoms with E-state index in [4.69, 9.17) is 0 Å². The summed E-state index contributed by atoms with van der Waals surface area (Å²) in [6.45, 7) is 2.45. The smallest absolute Gasteiger partial charge is 0.0411 e. The molecule has 0 spiro atoms. The van der Waals surface area contributed by atoms with Gasteiger partial charge in [0.05, 0.1) is 0 Å². The molecule has 1 aromatic rings. The lowest BCUT2D eigenvalue weighted by molar-refractivity contribution is 0.254. The van der Waals surface area contributed by atoms with Gasteiger partial charge in [-0.1, -0.05) is 51.4 Å². The fourth-order valence-corrected chi connectivity index (χ4v) is 3.15. The van der Waals surface area contributed by atoms with Crippen LogP contribution in [-0.2, 0) is 5.54 Å². The molecule has 1 saturated carbocycles. The fourth-order valence-electron chi connectivity index (χ4n) is 3.15. The zero-order valence-electron chi connectivity index (χ0n) is 11.3. The lowest BCUT2D eigenvalue weighted by atomic mass is 9.88. The van der Waals surface area contributed by atoms with E-state index in [0.29, 0.717) is 5.54 Å². The molecule has 0 bridgehead atoms. The maximum Gasteiger partial charge on any atom is 0.0411 e. The molecule has 1 nitrogen and oxygen atoms in total. The highest BCUT2D eigenvalue weighted by Crippen LogP contribution is 2.31. The zero-order valence-corrected chi connectivity index (χ0v) is 11.3. The maximum atomic E-state index is 2.45. The number of hydrogen-bond donors (Lipinski definition) is 0. The van der Waals surface area contributed by atoms with Gasteiger partial charge in [-0.05, 0) is 31.9 Å². The van der Waals surface area contributed by atoms with Gasteiger partial charge in [0.25, 0.3) is 0 Å². The van der Waals surface area contributed by atoms with Crippen LogP contribution in [0.5, 0.6) is 0 Å². The van der Waals surface area contributed by atoms with Gasteiger partial charge in [-0.25, -0.2) is 0 Å². The number of rotatable bonds is 1. The summed E-state index contributed by atoms with van der Waals surface area (Å²) >= 11 is 0. The molecule has 1 aliphatic rings. The van der Waals surface area contributed by atoms with Crippen molar-refractivity contribution in [3.05, 3.63) is 24.5 Å². The van der Waals surface area contributed by atoms with E-state index < -0.39 is 0 Å². The Labute approximate surface area is 106 Å². The predicted molar refractivity (Wildman–Crippen MR) is 74.3 cm³/mol. The Morgan fingerprint density at radius 3 is 1.59 bits per heavy atom. The van der Waals surface area contributed by atoms with Gasteiger partial charge in [0, 0.05) is 17.9 Å². The van der Waals surface area contributed by atoms with Crippen LogP contribution in [0.4, 0.5) is 0 Å². The Hall–Kier alpha value is -0.720. The molecule has 0 radical (unpaired) electrons. The van der Waals surface area contributed by atoms with Crippen LogP contribution >= 0.6 is 0 Å². The van der Waals surface area contributed by atoms with Crippen molar-refractivity contribution in [2.24, 2.45) is 0 Å². The first-order valence-electron chi connectivity index (χ1n) is 7.45. The third-order valence-electron chi connectivity index (χ3n) is 4.41. The van der Waals surface area contributed by atoms with Crippen LogP contribution in [0.2, 0.25) is 0 Å². The second-order valence-corrected chi connectivity index (χ2v) is 5.92. The van der Waals surface area contributed by atoms with E-state index in [0.717, 1.165) is 0 Å². The van der Waals surface area contributed by atoms with E-state index in [1.165, 1.54) is 64.2 Å². The van der Waals surface area contributed by atoms with E-state index in [9.17, 15) is 0 Å². The van der Waals surface area contributed by atoms with Crippen molar-refractivity contribution < 1.29 is 0 Å². The molecule has 1 aromatic heterocycles. The van der Waals surface area contributed by atoms with E-state index in [-0.39, 0.29) is 0 Å². The first kappa shape index (κ1) is 12.7. The van der Waals surface area contributed by atoms with Crippen LogP contribution in [-0.4, -0.2) is 4.57 Å². The number of nitrogens with zero attached hydrogens (tertiary/aromatic N) is 1. The molecule has 1 heterocycles. The molecule has 1 heteroatoms. The lowest BCUT2D eigenvalue weighted by Crippen LogP contribution is -2.29. The summed E-state index contributed by atoms with van der Waals surface area (Å²) in [6, 6.07) is 4.33. The highest BCUT2D eigenvalue weighted by molar-refractivity contribution is 4.97. The second-order valence-electron chi connectivity index (χ2n) is 5.92. The van der Waals surface area contributed by atoms with Gasteiger partial charge in [-0.15, -0.1) is 0 Å². The summed E-state index contributed by atoms with van der Waals surface area (Å²) in [7, 11) is 0. The van der Waals surface area contributed by atoms with Crippen LogP contribution in [0.15, 0.2) is 24.5 Å². The lowest BCUT2D eigenvalue weighted by Gasteiger charge is -2.32. The summed E-state index contributed by atoms with van der Waals surface area (Å²) in [6.07, 6.45) is 18.7. The highest BCUT2D eigenvalue weighted by Gasteiger charge is 2.24. The Kier molecular flexibility index (Phi) is 4.70. The van der Waals surface area contributed by atoms with Crippen molar-refractivity contribution in [2.75, 3.05) is 0 Å². The van der Waals surface area contributed by atoms with E-state index in [1.807, 2.05) is 0 Å². The Balaban J connectivity index is 2.01. The van der Waals surface area contributed by atoms with Crippen LogP contribution in [0, 0.1) is 0 Å². The first-order chi connectivity index (χ1) is 8.31. The van der Waals surface area contributed by atoms with Gasteiger partial charge < -0.3 is 4.57 Å². The highest BCUT2D eigenvalue weighted by atomic mass is 15.0. The van der Waals surface area contributed by atoms with Gasteiger partial charge >= 0.3 is 0 Å². The average Bonchev–Trinajstić information content (AvgIpc) is 2.84. The summed E-state index contributed by atoms with van der Waals surface area (Å²) in [5, 5.41) is 0. The van der Waals surface area contributed by atoms with Gasteiger partial charge in [0.2, 0.25) is 0 Å². The fraction of sp³-hybridized carbons (Fsp3) is 0.750. The molecule has 17 heavy (non-hydrogen) atoms. The van der Waals surface area contributed by atoms with Crippen LogP contribution in [0.25, 0.3) is 0 Å². The summed E-state index contributed by atoms with van der Waals surface area (Å²) in [5.41, 5.74) is 0.369. The summed E-state index contributed by atoms with van der Waals surface area (Å²) in [4.78, 5) is 0. The summed E-state index contributed by atoms with van der Waals surface area (Å²) < 4.78 is 2.45. The molecule has 2 rings (SSSR count). The second kappa shape index (κ2) is 6.28. The van der Waals surface area contributed by atoms with Gasteiger partial charge in [-0.2, -0.15) is 0 Å². The summed E-state index contributed by atoms with van der Waals surface area (Å²) in [5.74, 6) is 0. The van der Waals surface area contributed by atoms with E-state index >= 15 is 0 Å². The van der Waals surface area contributed by atoms with Gasteiger partial charge in [0.15, 0.2) is 0 Å². The molecular weight excluding hydrogens is 206 g/mol. The van der Waals surface area contributed by atoms with Crippen molar-refractivity contribution in [2.45, 2.75) is 76.7 Å². The van der Waals surface area contributed by atoms with Crippen molar-refractivity contribution in [3.63, 3.8) is 0 Å². The van der Waals surface area contributed by atoms with Crippen LogP contribution in [0.3, 0.4) is 0 Å². The predicted octanol–water partition coefficient (Wildman–Crippen LogP) is 5.12. The normalized spacial score (nSPS) is 22.9. The minimum absolute atomic E-state index is 0.369. The monoisotopic (exact) mass is 233 g/mol. The van der Waals surface area contributed by atoms with Crippen LogP contribution in [0.1, 0.15) is 71.1 Å². The minimum Gasteiger partial charge on any atom is -0.349 e. The van der Waals surface area contributed by atoms with Crippen molar-refractivity contribution in [1.29, 1.82) is 0 Å². The average molecular weight is 233 g/mol. The van der Waals surface area contributed by atoms with E-state index in [2.05, 4.69) is 36.0 Å². The Bertz CT molecular complexity index is 287. The third-order valence-corrected chi connectivity index (χ3v) is 4.41. The topological polar surface area (TPSA) is 4.93 Å². The maximum absolute atomic E-state index is 2.45. The molecule has 0 aliphatic heterocycles. The Morgan fingerprint density at radius 1 is 0.706 bits per heavy atom. The van der Waals surface area contributed by atoms with E-state index in [1.54, 1.807) is 0 Å². The largest absolute Gasteiger partial charge is 0.349 e. The van der Waals surface area contributed by atoms with Crippen LogP contribution < -0.4 is 0 Å². The zero-order chi connectivity index (χ0) is 12.0. The molecule has 0 aromatic carbocycles.